The lowest BCUT2D eigenvalue weighted by Gasteiger charge is -2.07. The zero-order valence-electron chi connectivity index (χ0n) is 9.80. The number of rotatable bonds is 4. The maximum absolute atomic E-state index is 4.46. The summed E-state index contributed by atoms with van der Waals surface area (Å²) in [5.41, 5.74) is 2.17. The van der Waals surface area contributed by atoms with Crippen LogP contribution in [0.1, 0.15) is 24.1 Å². The summed E-state index contributed by atoms with van der Waals surface area (Å²) in [6, 6.07) is 2.57. The quantitative estimate of drug-likeness (QED) is 0.856. The van der Waals surface area contributed by atoms with E-state index >= 15 is 0 Å². The van der Waals surface area contributed by atoms with Crippen molar-refractivity contribution in [1.82, 2.24) is 25.1 Å². The average molecular weight is 229 g/mol. The normalized spacial score (nSPS) is 15.1. The highest BCUT2D eigenvalue weighted by molar-refractivity contribution is 5.21. The first-order valence-electron chi connectivity index (χ1n) is 5.89. The van der Waals surface area contributed by atoms with Crippen LogP contribution in [0.15, 0.2) is 24.7 Å². The van der Waals surface area contributed by atoms with Crippen LogP contribution in [-0.4, -0.2) is 25.8 Å². The average Bonchev–Trinajstić information content (AvgIpc) is 3.00. The molecule has 0 spiro atoms. The van der Waals surface area contributed by atoms with Crippen LogP contribution in [0.5, 0.6) is 0 Å². The molecule has 17 heavy (non-hydrogen) atoms. The molecular formula is C12H15N5. The van der Waals surface area contributed by atoms with Gasteiger partial charge in [-0.15, -0.1) is 0 Å². The molecule has 0 amide bonds. The summed E-state index contributed by atoms with van der Waals surface area (Å²) in [6.45, 7) is 2.87. The molecule has 2 aromatic heterocycles. The van der Waals surface area contributed by atoms with E-state index in [4.69, 9.17) is 0 Å². The van der Waals surface area contributed by atoms with Crippen LogP contribution in [0.4, 0.5) is 0 Å². The van der Waals surface area contributed by atoms with Crippen molar-refractivity contribution < 1.29 is 0 Å². The molecule has 3 rings (SSSR count). The first-order chi connectivity index (χ1) is 8.33. The number of aromatic nitrogens is 4. The van der Waals surface area contributed by atoms with Crippen molar-refractivity contribution in [2.24, 2.45) is 0 Å². The summed E-state index contributed by atoms with van der Waals surface area (Å²) < 4.78 is 1.67. The SMILES string of the molecule is Cc1nc(-n2cccn2)ncc1CNC1CC1. The van der Waals surface area contributed by atoms with Gasteiger partial charge in [0.15, 0.2) is 0 Å². The minimum Gasteiger partial charge on any atom is -0.310 e. The molecule has 1 saturated carbocycles. The summed E-state index contributed by atoms with van der Waals surface area (Å²) in [7, 11) is 0. The lowest BCUT2D eigenvalue weighted by Crippen LogP contribution is -2.17. The van der Waals surface area contributed by atoms with Crippen molar-refractivity contribution in [3.63, 3.8) is 0 Å². The van der Waals surface area contributed by atoms with Crippen LogP contribution < -0.4 is 5.32 Å². The molecule has 0 aromatic carbocycles. The van der Waals surface area contributed by atoms with Crippen molar-refractivity contribution >= 4 is 0 Å². The Labute approximate surface area is 99.9 Å². The third-order valence-corrected chi connectivity index (χ3v) is 2.94. The van der Waals surface area contributed by atoms with Crippen molar-refractivity contribution in [2.45, 2.75) is 32.4 Å². The van der Waals surface area contributed by atoms with Crippen molar-refractivity contribution in [3.8, 4) is 5.95 Å². The minimum atomic E-state index is 0.627. The molecule has 88 valence electrons. The Hall–Kier alpha value is -1.75. The predicted octanol–water partition coefficient (Wildman–Crippen LogP) is 1.22. The molecule has 1 aliphatic carbocycles. The van der Waals surface area contributed by atoms with E-state index in [1.54, 1.807) is 10.9 Å². The Balaban J connectivity index is 1.78. The zero-order chi connectivity index (χ0) is 11.7. The van der Waals surface area contributed by atoms with E-state index in [0.717, 1.165) is 17.8 Å². The van der Waals surface area contributed by atoms with Crippen LogP contribution in [0.2, 0.25) is 0 Å². The van der Waals surface area contributed by atoms with Gasteiger partial charge in [-0.1, -0.05) is 0 Å². The molecule has 0 radical (unpaired) electrons. The smallest absolute Gasteiger partial charge is 0.250 e. The van der Waals surface area contributed by atoms with Crippen molar-refractivity contribution in [3.05, 3.63) is 35.9 Å². The summed E-state index contributed by atoms with van der Waals surface area (Å²) in [5, 5.41) is 7.58. The topological polar surface area (TPSA) is 55.6 Å². The molecule has 0 atom stereocenters. The lowest BCUT2D eigenvalue weighted by molar-refractivity contribution is 0.675. The van der Waals surface area contributed by atoms with Gasteiger partial charge in [0.1, 0.15) is 0 Å². The van der Waals surface area contributed by atoms with Gasteiger partial charge in [-0.2, -0.15) is 5.10 Å². The van der Waals surface area contributed by atoms with Gasteiger partial charge in [-0.25, -0.2) is 14.6 Å². The van der Waals surface area contributed by atoms with E-state index in [1.165, 1.54) is 12.8 Å². The van der Waals surface area contributed by atoms with E-state index in [0.29, 0.717) is 12.0 Å². The van der Waals surface area contributed by atoms with Gasteiger partial charge in [0.05, 0.1) is 0 Å². The fourth-order valence-electron chi connectivity index (χ4n) is 1.69. The first kappa shape index (κ1) is 10.4. The largest absolute Gasteiger partial charge is 0.310 e. The van der Waals surface area contributed by atoms with Gasteiger partial charge in [0.2, 0.25) is 0 Å². The number of hydrogen-bond acceptors (Lipinski definition) is 4. The van der Waals surface area contributed by atoms with Gasteiger partial charge in [-0.3, -0.25) is 0 Å². The Morgan fingerprint density at radius 2 is 2.35 bits per heavy atom. The van der Waals surface area contributed by atoms with Crippen LogP contribution in [0.25, 0.3) is 5.95 Å². The lowest BCUT2D eigenvalue weighted by atomic mass is 10.2. The Bertz CT molecular complexity index is 502. The fraction of sp³-hybridized carbons (Fsp3) is 0.417. The van der Waals surface area contributed by atoms with E-state index in [2.05, 4.69) is 20.4 Å². The molecule has 2 aromatic rings. The second kappa shape index (κ2) is 4.25. The van der Waals surface area contributed by atoms with Crippen LogP contribution in [-0.2, 0) is 6.54 Å². The minimum absolute atomic E-state index is 0.627. The molecule has 1 aliphatic rings. The van der Waals surface area contributed by atoms with Gasteiger partial charge in [0, 0.05) is 42.4 Å². The molecule has 1 N–H and O–H groups in total. The van der Waals surface area contributed by atoms with Crippen molar-refractivity contribution in [2.75, 3.05) is 0 Å². The second-order valence-corrected chi connectivity index (χ2v) is 4.39. The van der Waals surface area contributed by atoms with Crippen molar-refractivity contribution in [1.29, 1.82) is 0 Å². The number of hydrogen-bond donors (Lipinski definition) is 1. The van der Waals surface area contributed by atoms with E-state index in [9.17, 15) is 0 Å². The van der Waals surface area contributed by atoms with Gasteiger partial charge in [-0.05, 0) is 25.8 Å². The summed E-state index contributed by atoms with van der Waals surface area (Å²) in [5.74, 6) is 0.627. The second-order valence-electron chi connectivity index (χ2n) is 4.39. The molecule has 0 unspecified atom stereocenters. The zero-order valence-corrected chi connectivity index (χ0v) is 9.80. The molecular weight excluding hydrogens is 214 g/mol. The van der Waals surface area contributed by atoms with E-state index in [-0.39, 0.29) is 0 Å². The molecule has 0 bridgehead atoms. The number of nitrogens with zero attached hydrogens (tertiary/aromatic N) is 4. The molecule has 0 aliphatic heterocycles. The third-order valence-electron chi connectivity index (χ3n) is 2.94. The van der Waals surface area contributed by atoms with E-state index < -0.39 is 0 Å². The summed E-state index contributed by atoms with van der Waals surface area (Å²) in [6.07, 6.45) is 8.05. The van der Waals surface area contributed by atoms with E-state index in [1.807, 2.05) is 25.4 Å². The van der Waals surface area contributed by atoms with Gasteiger partial charge < -0.3 is 5.32 Å². The summed E-state index contributed by atoms with van der Waals surface area (Å²) in [4.78, 5) is 8.79. The highest BCUT2D eigenvalue weighted by atomic mass is 15.3. The Kier molecular flexibility index (Phi) is 2.60. The number of nitrogens with one attached hydrogen (secondary N) is 1. The Morgan fingerprint density at radius 1 is 1.47 bits per heavy atom. The van der Waals surface area contributed by atoms with Crippen LogP contribution in [0.3, 0.4) is 0 Å². The number of aryl methyl sites for hydroxylation is 1. The molecule has 1 fully saturated rings. The highest BCUT2D eigenvalue weighted by Gasteiger charge is 2.20. The van der Waals surface area contributed by atoms with Gasteiger partial charge >= 0.3 is 0 Å². The molecule has 5 nitrogen and oxygen atoms in total. The molecule has 5 heteroatoms. The van der Waals surface area contributed by atoms with Crippen LogP contribution in [0, 0.1) is 6.92 Å². The molecule has 2 heterocycles. The standard InChI is InChI=1S/C12H15N5/c1-9-10(7-13-11-3-4-11)8-14-12(16-9)17-6-2-5-15-17/h2,5-6,8,11,13H,3-4,7H2,1H3. The monoisotopic (exact) mass is 229 g/mol. The first-order valence-corrected chi connectivity index (χ1v) is 5.89. The third kappa shape index (κ3) is 2.34. The van der Waals surface area contributed by atoms with Gasteiger partial charge in [0.25, 0.3) is 5.95 Å². The maximum atomic E-state index is 4.46. The highest BCUT2D eigenvalue weighted by Crippen LogP contribution is 2.19. The predicted molar refractivity (Wildman–Crippen MR) is 63.8 cm³/mol. The summed E-state index contributed by atoms with van der Waals surface area (Å²) >= 11 is 0. The molecule has 0 saturated heterocycles. The Morgan fingerprint density at radius 3 is 3.00 bits per heavy atom. The maximum Gasteiger partial charge on any atom is 0.250 e. The van der Waals surface area contributed by atoms with Crippen LogP contribution >= 0.6 is 0 Å². The fourth-order valence-corrected chi connectivity index (χ4v) is 1.69.